The van der Waals surface area contributed by atoms with E-state index >= 15 is 0 Å². The molecular weight excluding hydrogens is 261 g/mol. The third kappa shape index (κ3) is 2.73. The Morgan fingerprint density at radius 3 is 2.29 bits per heavy atom. The summed E-state index contributed by atoms with van der Waals surface area (Å²) in [4.78, 5) is 12.2. The van der Waals surface area contributed by atoms with Gasteiger partial charge in [-0.2, -0.15) is 0 Å². The number of nitrogen functional groups attached to an aromatic ring is 1. The van der Waals surface area contributed by atoms with Gasteiger partial charge in [-0.15, -0.1) is 0 Å². The van der Waals surface area contributed by atoms with Crippen molar-refractivity contribution >= 4 is 34.7 Å². The molecule has 1 aliphatic heterocycles. The molecule has 5 heteroatoms. The van der Waals surface area contributed by atoms with Gasteiger partial charge in [0.1, 0.15) is 0 Å². The van der Waals surface area contributed by atoms with Crippen molar-refractivity contribution in [2.24, 2.45) is 5.92 Å². The molecule has 0 saturated carbocycles. The Labute approximate surface area is 110 Å². The standard InChI is InChI=1S/C12H13Cl2NO2/c13-9-5-8(6-10(14)11(9)15)12(16)7-1-3-17-4-2-7/h5-7H,1-4,15H2. The number of benzene rings is 1. The van der Waals surface area contributed by atoms with E-state index < -0.39 is 0 Å². The van der Waals surface area contributed by atoms with E-state index in [9.17, 15) is 4.79 Å². The lowest BCUT2D eigenvalue weighted by Gasteiger charge is -2.21. The van der Waals surface area contributed by atoms with Crippen LogP contribution in [0.3, 0.4) is 0 Å². The van der Waals surface area contributed by atoms with Crippen LogP contribution >= 0.6 is 23.2 Å². The maximum atomic E-state index is 12.2. The van der Waals surface area contributed by atoms with Crippen LogP contribution in [0.2, 0.25) is 10.0 Å². The van der Waals surface area contributed by atoms with Crippen molar-refractivity contribution in [3.63, 3.8) is 0 Å². The molecule has 0 aliphatic carbocycles. The quantitative estimate of drug-likeness (QED) is 0.665. The Kier molecular flexibility index (Phi) is 3.92. The molecule has 0 atom stereocenters. The van der Waals surface area contributed by atoms with Gasteiger partial charge in [0.15, 0.2) is 5.78 Å². The van der Waals surface area contributed by atoms with E-state index in [-0.39, 0.29) is 11.7 Å². The highest BCUT2D eigenvalue weighted by atomic mass is 35.5. The van der Waals surface area contributed by atoms with Gasteiger partial charge in [-0.1, -0.05) is 23.2 Å². The van der Waals surface area contributed by atoms with E-state index in [0.29, 0.717) is 34.5 Å². The number of anilines is 1. The van der Waals surface area contributed by atoms with Gasteiger partial charge in [0.2, 0.25) is 0 Å². The van der Waals surface area contributed by atoms with Crippen LogP contribution in [0.5, 0.6) is 0 Å². The minimum atomic E-state index is -0.000456. The maximum absolute atomic E-state index is 12.2. The summed E-state index contributed by atoms with van der Waals surface area (Å²) in [5.74, 6) is 0.0663. The third-order valence-corrected chi connectivity index (χ3v) is 3.58. The summed E-state index contributed by atoms with van der Waals surface area (Å²) in [6.07, 6.45) is 1.50. The first-order valence-corrected chi connectivity index (χ1v) is 6.21. The number of carbonyl (C=O) groups excluding carboxylic acids is 1. The fourth-order valence-electron chi connectivity index (χ4n) is 1.92. The van der Waals surface area contributed by atoms with Crippen LogP contribution in [0.15, 0.2) is 12.1 Å². The first-order valence-electron chi connectivity index (χ1n) is 5.46. The largest absolute Gasteiger partial charge is 0.396 e. The zero-order valence-electron chi connectivity index (χ0n) is 9.21. The number of hydrogen-bond acceptors (Lipinski definition) is 3. The zero-order chi connectivity index (χ0) is 12.4. The van der Waals surface area contributed by atoms with Gasteiger partial charge in [0.25, 0.3) is 0 Å². The van der Waals surface area contributed by atoms with Gasteiger partial charge in [-0.05, 0) is 25.0 Å². The SMILES string of the molecule is Nc1c(Cl)cc(C(=O)C2CCOCC2)cc1Cl. The Bertz CT molecular complexity index is 419. The lowest BCUT2D eigenvalue weighted by Crippen LogP contribution is -2.23. The summed E-state index contributed by atoms with van der Waals surface area (Å²) in [5.41, 5.74) is 6.48. The van der Waals surface area contributed by atoms with Crippen LogP contribution in [0.25, 0.3) is 0 Å². The molecule has 0 radical (unpaired) electrons. The van der Waals surface area contributed by atoms with E-state index in [0.717, 1.165) is 12.8 Å². The summed E-state index contributed by atoms with van der Waals surface area (Å²) in [5, 5.41) is 0.654. The van der Waals surface area contributed by atoms with Crippen molar-refractivity contribution in [2.45, 2.75) is 12.8 Å². The maximum Gasteiger partial charge on any atom is 0.166 e. The normalized spacial score (nSPS) is 17.1. The number of nitrogens with two attached hydrogens (primary N) is 1. The number of ketones is 1. The second-order valence-electron chi connectivity index (χ2n) is 4.10. The molecule has 92 valence electrons. The molecule has 1 aromatic carbocycles. The molecule has 1 aromatic rings. The van der Waals surface area contributed by atoms with Crippen LogP contribution in [-0.2, 0) is 4.74 Å². The molecule has 0 spiro atoms. The minimum absolute atomic E-state index is 0.000456. The van der Waals surface area contributed by atoms with Crippen molar-refractivity contribution in [1.29, 1.82) is 0 Å². The second-order valence-corrected chi connectivity index (χ2v) is 4.92. The van der Waals surface area contributed by atoms with Crippen LogP contribution < -0.4 is 5.73 Å². The highest BCUT2D eigenvalue weighted by Crippen LogP contribution is 2.31. The second kappa shape index (κ2) is 5.25. The highest BCUT2D eigenvalue weighted by molar-refractivity contribution is 6.39. The number of carbonyl (C=O) groups is 1. The lowest BCUT2D eigenvalue weighted by molar-refractivity contribution is 0.0545. The van der Waals surface area contributed by atoms with Crippen molar-refractivity contribution in [3.05, 3.63) is 27.7 Å². The smallest absolute Gasteiger partial charge is 0.166 e. The Balaban J connectivity index is 2.24. The summed E-state index contributed by atoms with van der Waals surface area (Å²) in [6, 6.07) is 3.17. The van der Waals surface area contributed by atoms with Crippen LogP contribution in [0, 0.1) is 5.92 Å². The zero-order valence-corrected chi connectivity index (χ0v) is 10.7. The van der Waals surface area contributed by atoms with E-state index in [1.807, 2.05) is 0 Å². The predicted molar refractivity (Wildman–Crippen MR) is 68.7 cm³/mol. The average Bonchev–Trinajstić information content (AvgIpc) is 2.35. The summed E-state index contributed by atoms with van der Waals surface area (Å²) >= 11 is 11.8. The number of rotatable bonds is 2. The molecule has 0 aromatic heterocycles. The van der Waals surface area contributed by atoms with Gasteiger partial charge in [-0.3, -0.25) is 4.79 Å². The van der Waals surface area contributed by atoms with Gasteiger partial charge in [0, 0.05) is 24.7 Å². The number of Topliss-reactive ketones (excluding diaryl/α,β-unsaturated/α-hetero) is 1. The van der Waals surface area contributed by atoms with Gasteiger partial charge >= 0.3 is 0 Å². The van der Waals surface area contributed by atoms with E-state index in [4.69, 9.17) is 33.7 Å². The number of hydrogen-bond donors (Lipinski definition) is 1. The van der Waals surface area contributed by atoms with Crippen molar-refractivity contribution in [3.8, 4) is 0 Å². The molecule has 1 aliphatic rings. The summed E-state index contributed by atoms with van der Waals surface area (Å²) < 4.78 is 5.23. The van der Waals surface area contributed by atoms with E-state index in [2.05, 4.69) is 0 Å². The minimum Gasteiger partial charge on any atom is -0.396 e. The Morgan fingerprint density at radius 2 is 1.76 bits per heavy atom. The van der Waals surface area contributed by atoms with E-state index in [1.165, 1.54) is 0 Å². The molecule has 1 heterocycles. The number of halogens is 2. The Morgan fingerprint density at radius 1 is 1.24 bits per heavy atom. The molecule has 2 rings (SSSR count). The monoisotopic (exact) mass is 273 g/mol. The van der Waals surface area contributed by atoms with Gasteiger partial charge in [0.05, 0.1) is 15.7 Å². The van der Waals surface area contributed by atoms with Gasteiger partial charge < -0.3 is 10.5 Å². The van der Waals surface area contributed by atoms with Crippen molar-refractivity contribution in [1.82, 2.24) is 0 Å². The summed E-state index contributed by atoms with van der Waals surface area (Å²) in [6.45, 7) is 1.26. The Hall–Kier alpha value is -0.770. The molecular formula is C12H13Cl2NO2. The highest BCUT2D eigenvalue weighted by Gasteiger charge is 2.23. The molecule has 2 N–H and O–H groups in total. The van der Waals surface area contributed by atoms with Crippen LogP contribution in [0.1, 0.15) is 23.2 Å². The molecule has 17 heavy (non-hydrogen) atoms. The predicted octanol–water partition coefficient (Wildman–Crippen LogP) is 3.18. The van der Waals surface area contributed by atoms with Gasteiger partial charge in [-0.25, -0.2) is 0 Å². The molecule has 0 unspecified atom stereocenters. The molecule has 3 nitrogen and oxygen atoms in total. The lowest BCUT2D eigenvalue weighted by atomic mass is 9.91. The first-order chi connectivity index (χ1) is 8.09. The fraction of sp³-hybridized carbons (Fsp3) is 0.417. The number of ether oxygens (including phenoxy) is 1. The fourth-order valence-corrected chi connectivity index (χ4v) is 2.41. The average molecular weight is 274 g/mol. The van der Waals surface area contributed by atoms with Crippen LogP contribution in [0.4, 0.5) is 5.69 Å². The summed E-state index contributed by atoms with van der Waals surface area (Å²) in [7, 11) is 0. The van der Waals surface area contributed by atoms with Crippen molar-refractivity contribution in [2.75, 3.05) is 18.9 Å². The van der Waals surface area contributed by atoms with E-state index in [1.54, 1.807) is 12.1 Å². The van der Waals surface area contributed by atoms with Crippen molar-refractivity contribution < 1.29 is 9.53 Å². The molecule has 1 fully saturated rings. The van der Waals surface area contributed by atoms with Crippen LogP contribution in [-0.4, -0.2) is 19.0 Å². The molecule has 0 bridgehead atoms. The third-order valence-electron chi connectivity index (χ3n) is 2.96. The molecule has 0 amide bonds. The topological polar surface area (TPSA) is 52.3 Å². The first kappa shape index (κ1) is 12.7. The molecule has 1 saturated heterocycles.